The third kappa shape index (κ3) is 5.76. The summed E-state index contributed by atoms with van der Waals surface area (Å²) in [7, 11) is 1.35. The Morgan fingerprint density at radius 2 is 1.84 bits per heavy atom. The molecular formula is C18H22F3NO3. The number of carbonyl (C=O) groups is 2. The lowest BCUT2D eigenvalue weighted by atomic mass is 10.1. The van der Waals surface area contributed by atoms with Gasteiger partial charge in [0.05, 0.1) is 12.7 Å². The van der Waals surface area contributed by atoms with Gasteiger partial charge in [-0.1, -0.05) is 18.6 Å². The predicted octanol–water partition coefficient (Wildman–Crippen LogP) is 3.66. The number of esters is 1. The van der Waals surface area contributed by atoms with Crippen LogP contribution in [0.1, 0.15) is 49.1 Å². The summed E-state index contributed by atoms with van der Waals surface area (Å²) in [5.74, 6) is -0.451. The molecule has 0 aliphatic heterocycles. The van der Waals surface area contributed by atoms with E-state index < -0.39 is 11.7 Å². The molecule has 0 spiro atoms. The molecule has 4 nitrogen and oxygen atoms in total. The number of hydrogen-bond donors (Lipinski definition) is 1. The largest absolute Gasteiger partial charge is 0.469 e. The monoisotopic (exact) mass is 357 g/mol. The van der Waals surface area contributed by atoms with Gasteiger partial charge in [-0.2, -0.15) is 13.2 Å². The second-order valence-corrected chi connectivity index (χ2v) is 6.25. The molecule has 7 heteroatoms. The topological polar surface area (TPSA) is 55.4 Å². The van der Waals surface area contributed by atoms with Crippen LogP contribution in [-0.4, -0.2) is 25.5 Å². The lowest BCUT2D eigenvalue weighted by Crippen LogP contribution is -2.26. The van der Waals surface area contributed by atoms with Crippen molar-refractivity contribution < 1.29 is 27.5 Å². The molecule has 25 heavy (non-hydrogen) atoms. The van der Waals surface area contributed by atoms with E-state index in [0.717, 1.165) is 37.0 Å². The molecule has 0 bridgehead atoms. The van der Waals surface area contributed by atoms with Gasteiger partial charge in [0.1, 0.15) is 0 Å². The lowest BCUT2D eigenvalue weighted by molar-refractivity contribution is -0.141. The van der Waals surface area contributed by atoms with E-state index in [9.17, 15) is 22.8 Å². The SMILES string of the molecule is COC(=O)CCCCCNC(=O)C1CC1c1ccc(C(F)(F)F)cc1. The van der Waals surface area contributed by atoms with E-state index in [0.29, 0.717) is 19.4 Å². The van der Waals surface area contributed by atoms with E-state index in [-0.39, 0.29) is 23.7 Å². The fraction of sp³-hybridized carbons (Fsp3) is 0.556. The third-order valence-electron chi connectivity index (χ3n) is 4.38. The number of alkyl halides is 3. The molecule has 138 valence electrons. The average Bonchev–Trinajstić information content (AvgIpc) is 3.37. The zero-order valence-electron chi connectivity index (χ0n) is 14.1. The maximum atomic E-state index is 12.5. The Hall–Kier alpha value is -2.05. The van der Waals surface area contributed by atoms with Gasteiger partial charge in [0.25, 0.3) is 0 Å². The van der Waals surface area contributed by atoms with E-state index in [1.807, 2.05) is 0 Å². The summed E-state index contributed by atoms with van der Waals surface area (Å²) in [4.78, 5) is 23.0. The molecule has 0 saturated heterocycles. The molecule has 2 rings (SSSR count). The minimum absolute atomic E-state index is 0.00149. The number of halogens is 3. The van der Waals surface area contributed by atoms with Crippen molar-refractivity contribution in [1.82, 2.24) is 5.32 Å². The van der Waals surface area contributed by atoms with Crippen LogP contribution >= 0.6 is 0 Å². The van der Waals surface area contributed by atoms with E-state index >= 15 is 0 Å². The maximum absolute atomic E-state index is 12.5. The van der Waals surface area contributed by atoms with Crippen molar-refractivity contribution in [2.24, 2.45) is 5.92 Å². The van der Waals surface area contributed by atoms with Gasteiger partial charge < -0.3 is 10.1 Å². The zero-order chi connectivity index (χ0) is 18.4. The number of rotatable bonds is 8. The molecule has 0 radical (unpaired) electrons. The molecule has 1 amide bonds. The predicted molar refractivity (Wildman–Crippen MR) is 85.8 cm³/mol. The molecule has 0 aromatic heterocycles. The van der Waals surface area contributed by atoms with Crippen LogP contribution in [0.4, 0.5) is 13.2 Å². The van der Waals surface area contributed by atoms with E-state index in [2.05, 4.69) is 10.1 Å². The first-order valence-corrected chi connectivity index (χ1v) is 8.34. The van der Waals surface area contributed by atoms with E-state index in [1.54, 1.807) is 0 Å². The van der Waals surface area contributed by atoms with E-state index in [4.69, 9.17) is 0 Å². The highest BCUT2D eigenvalue weighted by Crippen LogP contribution is 2.47. The summed E-state index contributed by atoms with van der Waals surface area (Å²) in [5, 5.41) is 2.85. The fourth-order valence-electron chi connectivity index (χ4n) is 2.79. The van der Waals surface area contributed by atoms with Gasteiger partial charge in [-0.05, 0) is 42.9 Å². The first kappa shape index (κ1) is 19.3. The van der Waals surface area contributed by atoms with Gasteiger partial charge in [0.15, 0.2) is 0 Å². The summed E-state index contributed by atoms with van der Waals surface area (Å²) in [6, 6.07) is 5.02. The second-order valence-electron chi connectivity index (χ2n) is 6.25. The number of carbonyl (C=O) groups excluding carboxylic acids is 2. The highest BCUT2D eigenvalue weighted by Gasteiger charge is 2.44. The lowest BCUT2D eigenvalue weighted by Gasteiger charge is -2.08. The Balaban J connectivity index is 1.67. The minimum atomic E-state index is -4.34. The van der Waals surface area contributed by atoms with Crippen LogP contribution in [0, 0.1) is 5.92 Å². The van der Waals surface area contributed by atoms with Crippen molar-refractivity contribution in [1.29, 1.82) is 0 Å². The molecule has 1 aromatic carbocycles. The Bertz CT molecular complexity index is 599. The highest BCUT2D eigenvalue weighted by molar-refractivity contribution is 5.82. The third-order valence-corrected chi connectivity index (χ3v) is 4.38. The van der Waals surface area contributed by atoms with Crippen LogP contribution in [0.5, 0.6) is 0 Å². The Kier molecular flexibility index (Phi) is 6.45. The number of hydrogen-bond acceptors (Lipinski definition) is 3. The van der Waals surface area contributed by atoms with Crippen LogP contribution in [0.3, 0.4) is 0 Å². The molecular weight excluding hydrogens is 335 g/mol. The van der Waals surface area contributed by atoms with Gasteiger partial charge in [-0.15, -0.1) is 0 Å². The molecule has 1 fully saturated rings. The first-order chi connectivity index (χ1) is 11.8. The van der Waals surface area contributed by atoms with Gasteiger partial charge >= 0.3 is 12.1 Å². The molecule has 1 aliphatic carbocycles. The summed E-state index contributed by atoms with van der Waals surface area (Å²) in [5.41, 5.74) is 0.0936. The Labute approximate surface area is 144 Å². The Morgan fingerprint density at radius 1 is 1.16 bits per heavy atom. The fourth-order valence-corrected chi connectivity index (χ4v) is 2.79. The number of unbranched alkanes of at least 4 members (excludes halogenated alkanes) is 2. The van der Waals surface area contributed by atoms with Crippen molar-refractivity contribution in [3.63, 3.8) is 0 Å². The molecule has 1 N–H and O–H groups in total. The molecule has 2 atom stereocenters. The van der Waals surface area contributed by atoms with Crippen LogP contribution in [0.15, 0.2) is 24.3 Å². The number of methoxy groups -OCH3 is 1. The van der Waals surface area contributed by atoms with Gasteiger partial charge in [0.2, 0.25) is 5.91 Å². The molecule has 1 aliphatic rings. The first-order valence-electron chi connectivity index (χ1n) is 8.34. The van der Waals surface area contributed by atoms with Crippen molar-refractivity contribution in [2.45, 2.75) is 44.2 Å². The molecule has 1 saturated carbocycles. The van der Waals surface area contributed by atoms with Crippen LogP contribution in [0.25, 0.3) is 0 Å². The highest BCUT2D eigenvalue weighted by atomic mass is 19.4. The van der Waals surface area contributed by atoms with Crippen molar-refractivity contribution in [2.75, 3.05) is 13.7 Å². The summed E-state index contributed by atoms with van der Waals surface area (Å²) in [6.45, 7) is 0.538. The average molecular weight is 357 g/mol. The van der Waals surface area contributed by atoms with Crippen LogP contribution in [-0.2, 0) is 20.5 Å². The second kappa shape index (κ2) is 8.36. The van der Waals surface area contributed by atoms with Crippen LogP contribution in [0.2, 0.25) is 0 Å². The van der Waals surface area contributed by atoms with Crippen molar-refractivity contribution >= 4 is 11.9 Å². The molecule has 1 aromatic rings. The standard InChI is InChI=1S/C18H22F3NO3/c1-25-16(23)5-3-2-4-10-22-17(24)15-11-14(15)12-6-8-13(9-7-12)18(19,20)21/h6-9,14-15H,2-5,10-11H2,1H3,(H,22,24). The summed E-state index contributed by atoms with van der Waals surface area (Å²) < 4.78 is 42.2. The Morgan fingerprint density at radius 3 is 2.44 bits per heavy atom. The number of ether oxygens (including phenoxy) is 1. The van der Waals surface area contributed by atoms with Crippen molar-refractivity contribution in [3.8, 4) is 0 Å². The summed E-state index contributed by atoms with van der Waals surface area (Å²) in [6.07, 6.45) is -0.974. The van der Waals surface area contributed by atoms with Crippen molar-refractivity contribution in [3.05, 3.63) is 35.4 Å². The molecule has 2 unspecified atom stereocenters. The number of benzene rings is 1. The minimum Gasteiger partial charge on any atom is -0.469 e. The smallest absolute Gasteiger partial charge is 0.416 e. The number of amides is 1. The quantitative estimate of drug-likeness (QED) is 0.571. The zero-order valence-corrected chi connectivity index (χ0v) is 14.1. The van der Waals surface area contributed by atoms with Gasteiger partial charge in [0, 0.05) is 18.9 Å². The summed E-state index contributed by atoms with van der Waals surface area (Å²) >= 11 is 0. The normalized spacial score (nSPS) is 19.4. The van der Waals surface area contributed by atoms with E-state index in [1.165, 1.54) is 19.2 Å². The maximum Gasteiger partial charge on any atom is 0.416 e. The number of nitrogens with one attached hydrogen (secondary N) is 1. The van der Waals surface area contributed by atoms with Gasteiger partial charge in [-0.3, -0.25) is 9.59 Å². The van der Waals surface area contributed by atoms with Gasteiger partial charge in [-0.25, -0.2) is 0 Å². The molecule has 0 heterocycles. The van der Waals surface area contributed by atoms with Crippen LogP contribution < -0.4 is 5.32 Å².